The quantitative estimate of drug-likeness (QED) is 0.432. The Morgan fingerprint density at radius 2 is 2.03 bits per heavy atom. The maximum absolute atomic E-state index is 12.8. The van der Waals surface area contributed by atoms with Crippen molar-refractivity contribution >= 4 is 27.5 Å². The number of hydrogen-bond acceptors (Lipinski definition) is 5. The van der Waals surface area contributed by atoms with E-state index in [0.717, 1.165) is 23.7 Å². The molecule has 1 heterocycles. The van der Waals surface area contributed by atoms with Crippen molar-refractivity contribution in [3.05, 3.63) is 80.1 Å². The van der Waals surface area contributed by atoms with E-state index in [9.17, 15) is 14.9 Å². The Morgan fingerprint density at radius 1 is 1.27 bits per heavy atom. The summed E-state index contributed by atoms with van der Waals surface area (Å²) in [6, 6.07) is 14.3. The van der Waals surface area contributed by atoms with Gasteiger partial charge in [-0.25, -0.2) is 4.68 Å². The highest BCUT2D eigenvalue weighted by atomic mass is 79.9. The van der Waals surface area contributed by atoms with E-state index in [-0.39, 0.29) is 22.7 Å². The lowest BCUT2D eigenvalue weighted by Crippen LogP contribution is -2.45. The first-order valence-corrected chi connectivity index (χ1v) is 10.4. The lowest BCUT2D eigenvalue weighted by Gasteiger charge is -2.42. The van der Waals surface area contributed by atoms with Crippen molar-refractivity contribution in [2.75, 3.05) is 6.54 Å². The number of halogens is 1. The summed E-state index contributed by atoms with van der Waals surface area (Å²) >= 11 is 3.52. The van der Waals surface area contributed by atoms with Crippen LogP contribution in [0.2, 0.25) is 0 Å². The van der Waals surface area contributed by atoms with Gasteiger partial charge in [0.25, 0.3) is 11.6 Å². The fraction of sp³-hybridized carbons (Fsp3) is 0.286. The first-order valence-electron chi connectivity index (χ1n) is 9.61. The van der Waals surface area contributed by atoms with Crippen LogP contribution < -0.4 is 5.32 Å². The summed E-state index contributed by atoms with van der Waals surface area (Å²) in [5.74, 6) is -0.301. The molecule has 1 aliphatic carbocycles. The molecule has 30 heavy (non-hydrogen) atoms. The molecule has 0 saturated heterocycles. The third-order valence-corrected chi connectivity index (χ3v) is 6.22. The molecule has 1 N–H and O–H groups in total. The van der Waals surface area contributed by atoms with Crippen molar-refractivity contribution in [2.24, 2.45) is 0 Å². The Kier molecular flexibility index (Phi) is 5.38. The minimum atomic E-state index is -0.469. The Labute approximate surface area is 181 Å². The van der Waals surface area contributed by atoms with Crippen LogP contribution in [0.4, 0.5) is 5.69 Å². The van der Waals surface area contributed by atoms with Gasteiger partial charge in [-0.05, 0) is 43.5 Å². The number of nitro benzene ring substituents is 1. The van der Waals surface area contributed by atoms with E-state index in [1.54, 1.807) is 19.1 Å². The van der Waals surface area contributed by atoms with Gasteiger partial charge in [-0.1, -0.05) is 45.8 Å². The molecule has 1 aliphatic rings. The number of amides is 1. The van der Waals surface area contributed by atoms with Gasteiger partial charge < -0.3 is 5.32 Å². The Morgan fingerprint density at radius 3 is 2.70 bits per heavy atom. The van der Waals surface area contributed by atoms with E-state index >= 15 is 0 Å². The highest BCUT2D eigenvalue weighted by Crippen LogP contribution is 2.43. The molecule has 1 saturated carbocycles. The summed E-state index contributed by atoms with van der Waals surface area (Å²) in [6.07, 6.45) is 3.16. The number of benzene rings is 2. The van der Waals surface area contributed by atoms with E-state index in [4.69, 9.17) is 0 Å². The normalized spacial score (nSPS) is 14.7. The predicted octanol–water partition coefficient (Wildman–Crippen LogP) is 4.10. The topological polar surface area (TPSA) is 103 Å². The van der Waals surface area contributed by atoms with Crippen LogP contribution in [0, 0.1) is 17.0 Å². The molecule has 154 valence electrons. The van der Waals surface area contributed by atoms with Gasteiger partial charge in [0.15, 0.2) is 5.69 Å². The molecule has 1 amide bonds. The number of rotatable bonds is 6. The number of carbonyl (C=O) groups is 1. The summed E-state index contributed by atoms with van der Waals surface area (Å²) in [6.45, 7) is 2.24. The maximum atomic E-state index is 12.8. The highest BCUT2D eigenvalue weighted by molar-refractivity contribution is 9.10. The van der Waals surface area contributed by atoms with Crippen molar-refractivity contribution in [3.8, 4) is 5.69 Å². The minimum absolute atomic E-state index is 0.0469. The number of non-ortho nitro benzene ring substituents is 1. The molecular weight excluding hydrogens is 450 g/mol. The first-order chi connectivity index (χ1) is 14.4. The average Bonchev–Trinajstić information content (AvgIpc) is 3.08. The Balaban J connectivity index is 1.52. The van der Waals surface area contributed by atoms with Crippen LogP contribution >= 0.6 is 15.9 Å². The fourth-order valence-electron chi connectivity index (χ4n) is 3.85. The SMILES string of the molecule is Cc1c(C(=O)NCC2(c3cccc(Br)c3)CCC2)nnn1-c1cccc([N+](=O)[O-])c1. The van der Waals surface area contributed by atoms with Crippen LogP contribution in [-0.2, 0) is 5.41 Å². The number of nitrogens with zero attached hydrogens (tertiary/aromatic N) is 4. The van der Waals surface area contributed by atoms with Crippen LogP contribution in [0.5, 0.6) is 0 Å². The largest absolute Gasteiger partial charge is 0.350 e. The summed E-state index contributed by atoms with van der Waals surface area (Å²) in [4.78, 5) is 23.4. The van der Waals surface area contributed by atoms with E-state index in [1.165, 1.54) is 22.4 Å². The Bertz CT molecular complexity index is 1120. The van der Waals surface area contributed by atoms with Gasteiger partial charge in [-0.3, -0.25) is 14.9 Å². The monoisotopic (exact) mass is 469 g/mol. The summed E-state index contributed by atoms with van der Waals surface area (Å²) in [7, 11) is 0. The molecule has 0 atom stereocenters. The van der Waals surface area contributed by atoms with Crippen molar-refractivity contribution < 1.29 is 9.72 Å². The van der Waals surface area contributed by atoms with E-state index in [2.05, 4.69) is 43.7 Å². The van der Waals surface area contributed by atoms with Crippen LogP contribution in [0.1, 0.15) is 41.0 Å². The van der Waals surface area contributed by atoms with E-state index < -0.39 is 4.92 Å². The molecular formula is C21H20BrN5O3. The van der Waals surface area contributed by atoms with Gasteiger partial charge >= 0.3 is 0 Å². The van der Waals surface area contributed by atoms with Crippen molar-refractivity contribution in [1.82, 2.24) is 20.3 Å². The predicted molar refractivity (Wildman–Crippen MR) is 115 cm³/mol. The van der Waals surface area contributed by atoms with Crippen LogP contribution in [-0.4, -0.2) is 32.4 Å². The molecule has 0 bridgehead atoms. The smallest absolute Gasteiger partial charge is 0.273 e. The number of hydrogen-bond donors (Lipinski definition) is 1. The van der Waals surface area contributed by atoms with Gasteiger partial charge in [0.1, 0.15) is 0 Å². The molecule has 2 aromatic carbocycles. The fourth-order valence-corrected chi connectivity index (χ4v) is 4.24. The molecule has 8 nitrogen and oxygen atoms in total. The second kappa shape index (κ2) is 7.98. The minimum Gasteiger partial charge on any atom is -0.350 e. The number of aromatic nitrogens is 3. The molecule has 0 unspecified atom stereocenters. The third-order valence-electron chi connectivity index (χ3n) is 5.73. The molecule has 3 aromatic rings. The van der Waals surface area contributed by atoms with Crippen molar-refractivity contribution in [3.63, 3.8) is 0 Å². The molecule has 0 radical (unpaired) electrons. The molecule has 1 fully saturated rings. The molecule has 0 aliphatic heterocycles. The van der Waals surface area contributed by atoms with Crippen LogP contribution in [0.3, 0.4) is 0 Å². The van der Waals surface area contributed by atoms with Crippen molar-refractivity contribution in [2.45, 2.75) is 31.6 Å². The number of nitro groups is 1. The second-order valence-electron chi connectivity index (χ2n) is 7.54. The number of nitrogens with one attached hydrogen (secondary N) is 1. The molecule has 4 rings (SSSR count). The standard InChI is InChI=1S/C21H20BrN5O3/c1-14-19(24-25-26(14)17-7-3-8-18(12-17)27(29)30)20(28)23-13-21(9-4-10-21)15-5-2-6-16(22)11-15/h2-3,5-8,11-12H,4,9-10,13H2,1H3,(H,23,28). The zero-order valence-corrected chi connectivity index (χ0v) is 17.9. The molecule has 1 aromatic heterocycles. The van der Waals surface area contributed by atoms with Gasteiger partial charge in [0.05, 0.1) is 16.3 Å². The van der Waals surface area contributed by atoms with Gasteiger partial charge in [0.2, 0.25) is 0 Å². The van der Waals surface area contributed by atoms with Crippen LogP contribution in [0.15, 0.2) is 53.0 Å². The number of carbonyl (C=O) groups excluding carboxylic acids is 1. The lowest BCUT2D eigenvalue weighted by atomic mass is 9.64. The Hall–Kier alpha value is -3.07. The first kappa shape index (κ1) is 20.2. The highest BCUT2D eigenvalue weighted by Gasteiger charge is 2.39. The van der Waals surface area contributed by atoms with E-state index in [0.29, 0.717) is 17.9 Å². The van der Waals surface area contributed by atoms with E-state index in [1.807, 2.05) is 12.1 Å². The summed E-state index contributed by atoms with van der Waals surface area (Å²) in [5, 5.41) is 22.1. The summed E-state index contributed by atoms with van der Waals surface area (Å²) in [5.41, 5.74) is 2.32. The zero-order valence-electron chi connectivity index (χ0n) is 16.3. The lowest BCUT2D eigenvalue weighted by molar-refractivity contribution is -0.384. The molecule has 9 heteroatoms. The summed E-state index contributed by atoms with van der Waals surface area (Å²) < 4.78 is 2.46. The van der Waals surface area contributed by atoms with Crippen molar-refractivity contribution in [1.29, 1.82) is 0 Å². The van der Waals surface area contributed by atoms with Crippen LogP contribution in [0.25, 0.3) is 5.69 Å². The average molecular weight is 470 g/mol. The van der Waals surface area contributed by atoms with Gasteiger partial charge in [0, 0.05) is 28.6 Å². The van der Waals surface area contributed by atoms with Gasteiger partial charge in [-0.15, -0.1) is 5.10 Å². The third kappa shape index (κ3) is 3.72. The maximum Gasteiger partial charge on any atom is 0.273 e. The zero-order chi connectivity index (χ0) is 21.3. The molecule has 0 spiro atoms. The van der Waals surface area contributed by atoms with Gasteiger partial charge in [-0.2, -0.15) is 0 Å². The second-order valence-corrected chi connectivity index (χ2v) is 8.45.